The molecular formula is C11H21N3O3. The Labute approximate surface area is 102 Å². The minimum Gasteiger partial charge on any atom is -0.399 e. The number of nitrogens with zero attached hydrogens (tertiary/aromatic N) is 2. The molecule has 0 aromatic carbocycles. The zero-order chi connectivity index (χ0) is 13.1. The largest absolute Gasteiger partial charge is 0.399 e. The van der Waals surface area contributed by atoms with E-state index in [1.807, 2.05) is 20.8 Å². The van der Waals surface area contributed by atoms with Crippen LogP contribution in [0.15, 0.2) is 5.16 Å². The Morgan fingerprint density at radius 2 is 2.18 bits per heavy atom. The van der Waals surface area contributed by atoms with Gasteiger partial charge in [0.2, 0.25) is 0 Å². The molecule has 0 radical (unpaired) electrons. The molecule has 2 N–H and O–H groups in total. The predicted molar refractivity (Wildman–Crippen MR) is 64.2 cm³/mol. The molecule has 1 aliphatic heterocycles. The van der Waals surface area contributed by atoms with Crippen molar-refractivity contribution in [3.05, 3.63) is 0 Å². The summed E-state index contributed by atoms with van der Waals surface area (Å²) in [7, 11) is 1.47. The van der Waals surface area contributed by atoms with Gasteiger partial charge in [-0.2, -0.15) is 0 Å². The van der Waals surface area contributed by atoms with E-state index in [2.05, 4.69) is 5.16 Å². The van der Waals surface area contributed by atoms with Crippen LogP contribution in [0, 0.1) is 5.41 Å². The highest BCUT2D eigenvalue weighted by atomic mass is 16.7. The lowest BCUT2D eigenvalue weighted by Gasteiger charge is -2.31. The van der Waals surface area contributed by atoms with Gasteiger partial charge >= 0.3 is 5.97 Å². The molecule has 0 spiro atoms. The van der Waals surface area contributed by atoms with Gasteiger partial charge in [0.15, 0.2) is 0 Å². The highest BCUT2D eigenvalue weighted by Gasteiger charge is 2.30. The Morgan fingerprint density at radius 3 is 2.71 bits per heavy atom. The van der Waals surface area contributed by atoms with Gasteiger partial charge in [0.25, 0.3) is 0 Å². The molecule has 1 saturated heterocycles. The molecule has 1 fully saturated rings. The summed E-state index contributed by atoms with van der Waals surface area (Å²) in [6, 6.07) is -0.125. The van der Waals surface area contributed by atoms with E-state index in [-0.39, 0.29) is 12.0 Å². The molecule has 1 rings (SSSR count). The molecule has 1 atom stereocenters. The first-order valence-corrected chi connectivity index (χ1v) is 5.67. The fourth-order valence-corrected chi connectivity index (χ4v) is 1.37. The Bertz CT molecular complexity index is 310. The smallest absolute Gasteiger partial charge is 0.330 e. The van der Waals surface area contributed by atoms with Crippen molar-refractivity contribution in [3.8, 4) is 0 Å². The monoisotopic (exact) mass is 243 g/mol. The van der Waals surface area contributed by atoms with Crippen LogP contribution in [0.2, 0.25) is 0 Å². The summed E-state index contributed by atoms with van der Waals surface area (Å²) in [5.74, 6) is -0.260. The summed E-state index contributed by atoms with van der Waals surface area (Å²) in [6.07, 6.45) is 0.694. The van der Waals surface area contributed by atoms with Gasteiger partial charge in [0.1, 0.15) is 7.11 Å². The van der Waals surface area contributed by atoms with Crippen LogP contribution in [0.25, 0.3) is 0 Å². The van der Waals surface area contributed by atoms with Gasteiger partial charge in [-0.25, -0.2) is 4.79 Å². The van der Waals surface area contributed by atoms with Crippen LogP contribution in [0.4, 0.5) is 0 Å². The molecule has 0 aromatic heterocycles. The maximum Gasteiger partial charge on any atom is 0.330 e. The molecule has 0 bridgehead atoms. The first kappa shape index (κ1) is 13.9. The number of hydrogen-bond donors (Lipinski definition) is 1. The third-order valence-electron chi connectivity index (χ3n) is 2.49. The van der Waals surface area contributed by atoms with Crippen LogP contribution in [-0.2, 0) is 14.5 Å². The van der Waals surface area contributed by atoms with Crippen LogP contribution < -0.4 is 5.73 Å². The highest BCUT2D eigenvalue weighted by molar-refractivity contribution is 5.91. The number of carbonyl (C=O) groups is 1. The molecule has 6 nitrogen and oxygen atoms in total. The van der Waals surface area contributed by atoms with Crippen LogP contribution in [0.1, 0.15) is 27.2 Å². The van der Waals surface area contributed by atoms with E-state index < -0.39 is 5.41 Å². The first-order chi connectivity index (χ1) is 7.84. The second-order valence-electron chi connectivity index (χ2n) is 5.15. The highest BCUT2D eigenvalue weighted by Crippen LogP contribution is 2.17. The predicted octanol–water partition coefficient (Wildman–Crippen LogP) is 0.526. The van der Waals surface area contributed by atoms with Crippen molar-refractivity contribution < 1.29 is 14.5 Å². The first-order valence-electron chi connectivity index (χ1n) is 5.67. The molecule has 0 amide bonds. The molecule has 1 heterocycles. The lowest BCUT2D eigenvalue weighted by molar-refractivity contribution is -0.198. The number of rotatable bonds is 2. The number of nitrogens with two attached hydrogens (primary N) is 1. The quantitative estimate of drug-likeness (QED) is 0.716. The topological polar surface area (TPSA) is 77.2 Å². The zero-order valence-corrected chi connectivity index (χ0v) is 10.9. The molecule has 1 unspecified atom stereocenters. The van der Waals surface area contributed by atoms with Gasteiger partial charge in [-0.3, -0.25) is 0 Å². The summed E-state index contributed by atoms with van der Waals surface area (Å²) in [6.45, 7) is 6.46. The zero-order valence-electron chi connectivity index (χ0n) is 10.9. The van der Waals surface area contributed by atoms with E-state index in [4.69, 9.17) is 15.4 Å². The summed E-state index contributed by atoms with van der Waals surface area (Å²) in [5, 5.41) is 5.42. The van der Waals surface area contributed by atoms with Crippen molar-refractivity contribution in [2.75, 3.05) is 20.2 Å². The summed E-state index contributed by atoms with van der Waals surface area (Å²) in [4.78, 5) is 21.7. The average Bonchev–Trinajstić information content (AvgIpc) is 2.22. The maximum atomic E-state index is 11.7. The lowest BCUT2D eigenvalue weighted by atomic mass is 9.98. The fraction of sp³-hybridized carbons (Fsp3) is 0.818. The average molecular weight is 243 g/mol. The summed E-state index contributed by atoms with van der Waals surface area (Å²) in [5.41, 5.74) is 6.05. The summed E-state index contributed by atoms with van der Waals surface area (Å²) >= 11 is 0. The van der Waals surface area contributed by atoms with Crippen molar-refractivity contribution in [2.45, 2.75) is 33.2 Å². The molecule has 98 valence electrons. The van der Waals surface area contributed by atoms with Crippen molar-refractivity contribution in [3.63, 3.8) is 0 Å². The van der Waals surface area contributed by atoms with Crippen molar-refractivity contribution in [1.82, 2.24) is 5.06 Å². The van der Waals surface area contributed by atoms with Gasteiger partial charge in [-0.05, 0) is 27.2 Å². The maximum absolute atomic E-state index is 11.7. The minimum absolute atomic E-state index is 0.125. The van der Waals surface area contributed by atoms with E-state index in [0.717, 1.165) is 0 Å². The van der Waals surface area contributed by atoms with Crippen LogP contribution in [0.3, 0.4) is 0 Å². The number of oxime groups is 1. The van der Waals surface area contributed by atoms with E-state index >= 15 is 0 Å². The van der Waals surface area contributed by atoms with Crippen LogP contribution in [-0.4, -0.2) is 43.0 Å². The number of hydrogen-bond acceptors (Lipinski definition) is 6. The Hall–Kier alpha value is -1.14. The Balaban J connectivity index is 2.58. The molecule has 0 aromatic rings. The van der Waals surface area contributed by atoms with Gasteiger partial charge < -0.3 is 15.4 Å². The second kappa shape index (κ2) is 5.46. The Morgan fingerprint density at radius 1 is 1.53 bits per heavy atom. The van der Waals surface area contributed by atoms with Gasteiger partial charge in [0.05, 0.1) is 17.7 Å². The molecule has 0 saturated carbocycles. The van der Waals surface area contributed by atoms with Crippen molar-refractivity contribution >= 4 is 11.7 Å². The van der Waals surface area contributed by atoms with Crippen molar-refractivity contribution in [1.29, 1.82) is 0 Å². The number of carbonyl (C=O) groups excluding carboxylic acids is 1. The van der Waals surface area contributed by atoms with E-state index in [1.54, 1.807) is 5.06 Å². The normalized spacial score (nSPS) is 24.8. The number of hydroxylamine groups is 2. The molecular weight excluding hydrogens is 222 g/mol. The van der Waals surface area contributed by atoms with E-state index in [9.17, 15) is 4.79 Å². The van der Waals surface area contributed by atoms with Crippen LogP contribution >= 0.6 is 0 Å². The van der Waals surface area contributed by atoms with E-state index in [0.29, 0.717) is 25.2 Å². The standard InChI is InChI=1S/C11H21N3O3/c1-11(2,3)10(15)17-14-6-5-8(12)9(7-14)13-16-4/h8H,5-7,12H2,1-4H3/b13-9+. The fourth-order valence-electron chi connectivity index (χ4n) is 1.37. The minimum atomic E-state index is -0.516. The third kappa shape index (κ3) is 3.98. The van der Waals surface area contributed by atoms with Crippen LogP contribution in [0.5, 0.6) is 0 Å². The SMILES string of the molecule is CO/N=C1\CN(OC(=O)C(C)(C)C)CCC1N. The van der Waals surface area contributed by atoms with Gasteiger partial charge in [0, 0.05) is 12.6 Å². The molecule has 17 heavy (non-hydrogen) atoms. The van der Waals surface area contributed by atoms with E-state index in [1.165, 1.54) is 7.11 Å². The molecule has 0 aliphatic carbocycles. The summed E-state index contributed by atoms with van der Waals surface area (Å²) < 4.78 is 0. The van der Waals surface area contributed by atoms with Crippen molar-refractivity contribution in [2.24, 2.45) is 16.3 Å². The number of piperidine rings is 1. The molecule has 6 heteroatoms. The van der Waals surface area contributed by atoms with Gasteiger partial charge in [-0.15, -0.1) is 5.06 Å². The van der Waals surface area contributed by atoms with Gasteiger partial charge in [-0.1, -0.05) is 5.16 Å². The lowest BCUT2D eigenvalue weighted by Crippen LogP contribution is -2.49. The molecule has 1 aliphatic rings. The Kier molecular flexibility index (Phi) is 4.47. The third-order valence-corrected chi connectivity index (χ3v) is 2.49. The second-order valence-corrected chi connectivity index (χ2v) is 5.15.